The Morgan fingerprint density at radius 3 is 2.34 bits per heavy atom. The number of halogens is 1. The summed E-state index contributed by atoms with van der Waals surface area (Å²) in [6.07, 6.45) is -0.148. The minimum Gasteiger partial charge on any atom is -0.508 e. The number of likely N-dealkylation sites (N-methyl/N-ethyl adjacent to an activating group) is 1. The second-order valence-corrected chi connectivity index (χ2v) is 8.76. The summed E-state index contributed by atoms with van der Waals surface area (Å²) in [7, 11) is 2.98. The largest absolute Gasteiger partial charge is 0.508 e. The van der Waals surface area contributed by atoms with Crippen LogP contribution in [0.15, 0.2) is 23.5 Å². The van der Waals surface area contributed by atoms with Crippen molar-refractivity contribution in [3.8, 4) is 11.5 Å². The van der Waals surface area contributed by atoms with Gasteiger partial charge in [0.2, 0.25) is 5.78 Å². The smallest absolute Gasteiger partial charge is 0.342 e. The summed E-state index contributed by atoms with van der Waals surface area (Å²) in [4.78, 5) is 39.6. The zero-order valence-corrected chi connectivity index (χ0v) is 18.1. The van der Waals surface area contributed by atoms with Crippen molar-refractivity contribution in [1.82, 2.24) is 4.90 Å². The first-order chi connectivity index (χ1) is 14.8. The van der Waals surface area contributed by atoms with Crippen molar-refractivity contribution in [2.24, 2.45) is 5.92 Å². The van der Waals surface area contributed by atoms with Gasteiger partial charge >= 0.3 is 5.97 Å². The third-order valence-corrected chi connectivity index (χ3v) is 6.85. The van der Waals surface area contributed by atoms with Crippen molar-refractivity contribution in [3.05, 3.63) is 45.2 Å². The highest BCUT2D eigenvalue weighted by Gasteiger charge is 2.62. The van der Waals surface area contributed by atoms with E-state index in [2.05, 4.69) is 0 Å². The Bertz CT molecular complexity index is 1280. The van der Waals surface area contributed by atoms with Gasteiger partial charge in [-0.05, 0) is 50.7 Å². The summed E-state index contributed by atoms with van der Waals surface area (Å²) >= 11 is 6.30. The Kier molecular flexibility index (Phi) is 4.78. The predicted octanol–water partition coefficient (Wildman–Crippen LogP) is 1.71. The molecule has 32 heavy (non-hydrogen) atoms. The van der Waals surface area contributed by atoms with E-state index in [0.717, 1.165) is 0 Å². The molecule has 10 heteroatoms. The lowest BCUT2D eigenvalue weighted by Crippen LogP contribution is -2.64. The molecule has 2 aliphatic rings. The van der Waals surface area contributed by atoms with Gasteiger partial charge in [-0.25, -0.2) is 4.79 Å². The number of ketones is 2. The minimum absolute atomic E-state index is 0.109. The Hall–Kier alpha value is -3.14. The third kappa shape index (κ3) is 2.55. The van der Waals surface area contributed by atoms with Gasteiger partial charge in [-0.3, -0.25) is 14.5 Å². The van der Waals surface area contributed by atoms with Gasteiger partial charge in [-0.2, -0.15) is 0 Å². The lowest BCUT2D eigenvalue weighted by Gasteiger charge is -2.47. The second-order valence-electron chi connectivity index (χ2n) is 8.35. The van der Waals surface area contributed by atoms with Gasteiger partial charge in [0, 0.05) is 16.3 Å². The van der Waals surface area contributed by atoms with E-state index in [0.29, 0.717) is 10.9 Å². The van der Waals surface area contributed by atoms with Crippen molar-refractivity contribution in [2.75, 3.05) is 14.1 Å². The molecule has 0 heterocycles. The Morgan fingerprint density at radius 1 is 1.16 bits per heavy atom. The van der Waals surface area contributed by atoms with E-state index in [1.807, 2.05) is 0 Å². The summed E-state index contributed by atoms with van der Waals surface area (Å²) in [6.45, 7) is 1.62. The maximum atomic E-state index is 13.6. The number of carbonyl (C=O) groups is 3. The Labute approximate surface area is 186 Å². The van der Waals surface area contributed by atoms with Crippen LogP contribution in [0.25, 0.3) is 10.8 Å². The lowest BCUT2D eigenvalue weighted by atomic mass is 9.61. The SMILES string of the molecule is Cc1c2c(c(O)c3c(O)ccc(Cl)c13)C(=O)C1(O)C(O)=C(C(=O)O)C(=O)C(N(C)C)C1C2. The molecule has 168 valence electrons. The van der Waals surface area contributed by atoms with Crippen LogP contribution >= 0.6 is 11.6 Å². The van der Waals surface area contributed by atoms with Crippen LogP contribution in [0.1, 0.15) is 21.5 Å². The van der Waals surface area contributed by atoms with Gasteiger partial charge in [0.1, 0.15) is 17.1 Å². The first kappa shape index (κ1) is 22.1. The Morgan fingerprint density at radius 2 is 1.78 bits per heavy atom. The number of rotatable bonds is 2. The first-order valence-corrected chi connectivity index (χ1v) is 10.0. The van der Waals surface area contributed by atoms with Crippen LogP contribution in [0.5, 0.6) is 11.5 Å². The van der Waals surface area contributed by atoms with Crippen molar-refractivity contribution in [1.29, 1.82) is 0 Å². The topological polar surface area (TPSA) is 156 Å². The molecule has 9 nitrogen and oxygen atoms in total. The number of nitrogens with zero attached hydrogens (tertiary/aromatic N) is 1. The van der Waals surface area contributed by atoms with Crippen LogP contribution in [0.4, 0.5) is 0 Å². The number of phenols is 2. The third-order valence-electron chi connectivity index (χ3n) is 6.53. The van der Waals surface area contributed by atoms with E-state index < -0.39 is 52.2 Å². The molecule has 0 bridgehead atoms. The number of aromatic hydroxyl groups is 2. The van der Waals surface area contributed by atoms with E-state index >= 15 is 0 Å². The number of aliphatic hydroxyl groups is 2. The molecule has 0 aromatic heterocycles. The molecule has 5 N–H and O–H groups in total. The van der Waals surface area contributed by atoms with Gasteiger partial charge in [0.15, 0.2) is 17.1 Å². The average Bonchev–Trinajstić information content (AvgIpc) is 2.69. The number of Topliss-reactive ketones (excluding diaryl/α,β-unsaturated/α-hetero) is 2. The fraction of sp³-hybridized carbons (Fsp3) is 0.318. The molecular weight excluding hydrogens is 442 g/mol. The van der Waals surface area contributed by atoms with Crippen LogP contribution < -0.4 is 0 Å². The first-order valence-electron chi connectivity index (χ1n) is 9.66. The summed E-state index contributed by atoms with van der Waals surface area (Å²) in [5.41, 5.74) is -3.48. The van der Waals surface area contributed by atoms with E-state index in [1.165, 1.54) is 31.1 Å². The van der Waals surface area contributed by atoms with Gasteiger partial charge in [-0.15, -0.1) is 0 Å². The number of carboxylic acid groups (broad SMARTS) is 1. The number of benzene rings is 2. The number of carboxylic acids is 1. The highest BCUT2D eigenvalue weighted by atomic mass is 35.5. The highest BCUT2D eigenvalue weighted by Crippen LogP contribution is 2.51. The number of hydrogen-bond donors (Lipinski definition) is 5. The monoisotopic (exact) mass is 461 g/mol. The number of aryl methyl sites for hydroxylation is 1. The average molecular weight is 462 g/mol. The fourth-order valence-electron chi connectivity index (χ4n) is 5.07. The molecule has 0 spiro atoms. The molecule has 0 radical (unpaired) electrons. The summed E-state index contributed by atoms with van der Waals surface area (Å²) in [6, 6.07) is 1.43. The standard InChI is InChI=1S/C22H20ClNO8/c1-7-8-6-9-16(24(2)3)18(27)15(21(30)31)20(29)22(9,32)19(28)13(8)17(26)14-11(25)5-4-10(23)12(7)14/h4-5,9,16,25-26,29,32H,6H2,1-3H3,(H,30,31). The molecular formula is C22H20ClNO8. The summed E-state index contributed by atoms with van der Waals surface area (Å²) in [5.74, 6) is -7.40. The molecule has 0 saturated heterocycles. The predicted molar refractivity (Wildman–Crippen MR) is 113 cm³/mol. The quantitative estimate of drug-likeness (QED) is 0.420. The number of phenolic OH excluding ortho intramolecular Hbond substituents is 2. The van der Waals surface area contributed by atoms with Gasteiger partial charge in [0.05, 0.1) is 17.0 Å². The summed E-state index contributed by atoms with van der Waals surface area (Å²) < 4.78 is 0. The van der Waals surface area contributed by atoms with Gasteiger partial charge in [0.25, 0.3) is 0 Å². The maximum Gasteiger partial charge on any atom is 0.342 e. The Balaban J connectivity index is 2.13. The van der Waals surface area contributed by atoms with Crippen LogP contribution in [0.2, 0.25) is 5.02 Å². The van der Waals surface area contributed by atoms with E-state index in [9.17, 15) is 39.9 Å². The van der Waals surface area contributed by atoms with E-state index in [1.54, 1.807) is 6.92 Å². The van der Waals surface area contributed by atoms with Gasteiger partial charge in [-0.1, -0.05) is 11.6 Å². The molecule has 0 aliphatic heterocycles. The number of carbonyl (C=O) groups excluding carboxylic acids is 2. The fourth-order valence-corrected chi connectivity index (χ4v) is 5.37. The van der Waals surface area contributed by atoms with Crippen LogP contribution in [0, 0.1) is 12.8 Å². The van der Waals surface area contributed by atoms with Crippen LogP contribution in [-0.4, -0.2) is 73.7 Å². The number of fused-ring (bicyclic) bond motifs is 3. The van der Waals surface area contributed by atoms with Crippen molar-refractivity contribution in [3.63, 3.8) is 0 Å². The molecule has 0 fully saturated rings. The summed E-state index contributed by atoms with van der Waals surface area (Å²) in [5, 5.41) is 53.3. The lowest BCUT2D eigenvalue weighted by molar-refractivity contribution is -0.140. The van der Waals surface area contributed by atoms with Gasteiger partial charge < -0.3 is 25.5 Å². The van der Waals surface area contributed by atoms with Crippen LogP contribution in [-0.2, 0) is 16.0 Å². The van der Waals surface area contributed by atoms with Crippen LogP contribution in [0.3, 0.4) is 0 Å². The van der Waals surface area contributed by atoms with Crippen molar-refractivity contribution in [2.45, 2.75) is 25.0 Å². The zero-order valence-electron chi connectivity index (χ0n) is 17.3. The van der Waals surface area contributed by atoms with E-state index in [-0.39, 0.29) is 33.7 Å². The number of aliphatic hydroxyl groups excluding tert-OH is 1. The molecule has 3 unspecified atom stereocenters. The molecule has 2 aliphatic carbocycles. The van der Waals surface area contributed by atoms with E-state index in [4.69, 9.17) is 11.6 Å². The highest BCUT2D eigenvalue weighted by molar-refractivity contribution is 6.37. The minimum atomic E-state index is -2.77. The molecule has 0 amide bonds. The number of hydrogen-bond acceptors (Lipinski definition) is 8. The molecule has 3 atom stereocenters. The molecule has 2 aromatic rings. The van der Waals surface area contributed by atoms with Crippen molar-refractivity contribution < 1.29 is 39.9 Å². The second kappa shape index (κ2) is 6.93. The maximum absolute atomic E-state index is 13.6. The zero-order chi connectivity index (χ0) is 23.9. The van der Waals surface area contributed by atoms with Crippen molar-refractivity contribution >= 4 is 39.9 Å². The molecule has 4 rings (SSSR count). The number of aliphatic carboxylic acids is 1. The normalized spacial score (nSPS) is 25.3. The molecule has 0 saturated carbocycles. The molecule has 2 aromatic carbocycles.